The van der Waals surface area contributed by atoms with Crippen LogP contribution in [0.3, 0.4) is 0 Å². The molecule has 0 fully saturated rings. The number of alkyl halides is 3. The molecule has 0 bridgehead atoms. The first-order chi connectivity index (χ1) is 8.79. The zero-order chi connectivity index (χ0) is 14.5. The van der Waals surface area contributed by atoms with Crippen LogP contribution in [0.1, 0.15) is 29.6 Å². The van der Waals surface area contributed by atoms with Crippen LogP contribution in [0.25, 0.3) is 0 Å². The molecule has 1 aromatic rings. The van der Waals surface area contributed by atoms with Gasteiger partial charge in [-0.15, -0.1) is 0 Å². The minimum Gasteiger partial charge on any atom is -0.504 e. The number of nitrogens with one attached hydrogen (secondary N) is 1. The summed E-state index contributed by atoms with van der Waals surface area (Å²) < 4.78 is 35.5. The molecule has 0 aliphatic carbocycles. The van der Waals surface area contributed by atoms with Gasteiger partial charge >= 0.3 is 6.18 Å². The third kappa shape index (κ3) is 5.50. The molecule has 4 nitrogen and oxygen atoms in total. The summed E-state index contributed by atoms with van der Waals surface area (Å²) >= 11 is 0. The zero-order valence-electron chi connectivity index (χ0n) is 10.00. The smallest absolute Gasteiger partial charge is 0.389 e. The van der Waals surface area contributed by atoms with E-state index in [1.807, 2.05) is 0 Å². The molecule has 0 heterocycles. The normalized spacial score (nSPS) is 11.3. The number of phenols is 2. The van der Waals surface area contributed by atoms with Crippen molar-refractivity contribution in [3.05, 3.63) is 23.8 Å². The molecule has 19 heavy (non-hydrogen) atoms. The number of rotatable bonds is 5. The monoisotopic (exact) mass is 277 g/mol. The molecule has 0 aliphatic heterocycles. The van der Waals surface area contributed by atoms with Crippen LogP contribution in [0, 0.1) is 0 Å². The first-order valence-electron chi connectivity index (χ1n) is 5.66. The lowest BCUT2D eigenvalue weighted by molar-refractivity contribution is -0.135. The van der Waals surface area contributed by atoms with Crippen molar-refractivity contribution in [3.63, 3.8) is 0 Å². The second-order valence-corrected chi connectivity index (χ2v) is 4.03. The van der Waals surface area contributed by atoms with Crippen molar-refractivity contribution in [1.82, 2.24) is 5.32 Å². The van der Waals surface area contributed by atoms with Crippen LogP contribution in [0.15, 0.2) is 18.2 Å². The molecule has 0 saturated carbocycles. The van der Waals surface area contributed by atoms with Gasteiger partial charge in [0.1, 0.15) is 0 Å². The summed E-state index contributed by atoms with van der Waals surface area (Å²) in [5.41, 5.74) is 0.131. The van der Waals surface area contributed by atoms with Gasteiger partial charge in [0.25, 0.3) is 5.91 Å². The lowest BCUT2D eigenvalue weighted by atomic mass is 10.2. The summed E-state index contributed by atoms with van der Waals surface area (Å²) in [4.78, 5) is 11.5. The Morgan fingerprint density at radius 2 is 1.84 bits per heavy atom. The standard InChI is InChI=1S/C12H14F3NO3/c13-12(14,15)5-1-2-6-16-11(19)8-3-4-9(17)10(18)7-8/h3-4,7,17-18H,1-2,5-6H2,(H,16,19). The summed E-state index contributed by atoms with van der Waals surface area (Å²) in [5.74, 6) is -1.28. The topological polar surface area (TPSA) is 69.6 Å². The minimum atomic E-state index is -4.17. The highest BCUT2D eigenvalue weighted by Crippen LogP contribution is 2.25. The van der Waals surface area contributed by atoms with Gasteiger partial charge in [0.2, 0.25) is 0 Å². The Morgan fingerprint density at radius 1 is 1.16 bits per heavy atom. The average molecular weight is 277 g/mol. The lowest BCUT2D eigenvalue weighted by Crippen LogP contribution is -2.24. The summed E-state index contributed by atoms with van der Waals surface area (Å²) in [6, 6.07) is 3.55. The van der Waals surface area contributed by atoms with Gasteiger partial charge in [0, 0.05) is 18.5 Å². The van der Waals surface area contributed by atoms with Gasteiger partial charge in [0.05, 0.1) is 0 Å². The highest BCUT2D eigenvalue weighted by atomic mass is 19.4. The SMILES string of the molecule is O=C(NCCCCC(F)(F)F)c1ccc(O)c(O)c1. The fraction of sp³-hybridized carbons (Fsp3) is 0.417. The highest BCUT2D eigenvalue weighted by Gasteiger charge is 2.25. The summed E-state index contributed by atoms with van der Waals surface area (Å²) in [6.07, 6.45) is -4.88. The molecule has 0 aliphatic rings. The van der Waals surface area contributed by atoms with Crippen LogP contribution in [0.4, 0.5) is 13.2 Å². The summed E-state index contributed by atoms with van der Waals surface area (Å²) in [6.45, 7) is 0.122. The number of hydrogen-bond donors (Lipinski definition) is 3. The van der Waals surface area contributed by atoms with Gasteiger partial charge in [-0.1, -0.05) is 0 Å². The quantitative estimate of drug-likeness (QED) is 0.572. The first-order valence-corrected chi connectivity index (χ1v) is 5.66. The van der Waals surface area contributed by atoms with E-state index < -0.39 is 24.3 Å². The number of phenolic OH excluding ortho intramolecular Hbond substituents is 2. The number of aromatic hydroxyl groups is 2. The van der Waals surface area contributed by atoms with E-state index in [4.69, 9.17) is 5.11 Å². The Balaban J connectivity index is 2.33. The Morgan fingerprint density at radius 3 is 2.42 bits per heavy atom. The second kappa shape index (κ2) is 6.31. The van der Waals surface area contributed by atoms with Crippen molar-refractivity contribution >= 4 is 5.91 Å². The molecule has 0 atom stereocenters. The average Bonchev–Trinajstić information content (AvgIpc) is 2.30. The summed E-state index contributed by atoms with van der Waals surface area (Å²) in [5, 5.41) is 20.7. The molecule has 0 radical (unpaired) electrons. The molecule has 3 N–H and O–H groups in total. The van der Waals surface area contributed by atoms with E-state index in [1.165, 1.54) is 6.07 Å². The maximum absolute atomic E-state index is 11.8. The molecule has 1 amide bonds. The number of carbonyl (C=O) groups excluding carboxylic acids is 1. The molecular weight excluding hydrogens is 263 g/mol. The van der Waals surface area contributed by atoms with Gasteiger partial charge in [-0.25, -0.2) is 0 Å². The molecule has 1 rings (SSSR count). The van der Waals surface area contributed by atoms with E-state index >= 15 is 0 Å². The fourth-order valence-electron chi connectivity index (χ4n) is 1.42. The Bertz CT molecular complexity index is 446. The number of amides is 1. The zero-order valence-corrected chi connectivity index (χ0v) is 10.00. The molecule has 0 saturated heterocycles. The fourth-order valence-corrected chi connectivity index (χ4v) is 1.42. The molecule has 106 valence electrons. The minimum absolute atomic E-state index is 0.0510. The van der Waals surface area contributed by atoms with Gasteiger partial charge in [0.15, 0.2) is 11.5 Å². The molecular formula is C12H14F3NO3. The second-order valence-electron chi connectivity index (χ2n) is 4.03. The number of halogens is 3. The third-order valence-corrected chi connectivity index (χ3v) is 2.41. The Labute approximate surface area is 107 Å². The van der Waals surface area contributed by atoms with E-state index in [9.17, 15) is 23.1 Å². The number of unbranched alkanes of at least 4 members (excludes halogenated alkanes) is 1. The summed E-state index contributed by atoms with van der Waals surface area (Å²) in [7, 11) is 0. The predicted molar refractivity (Wildman–Crippen MR) is 62.0 cm³/mol. The molecule has 0 spiro atoms. The lowest BCUT2D eigenvalue weighted by Gasteiger charge is -2.07. The third-order valence-electron chi connectivity index (χ3n) is 2.41. The Kier molecular flexibility index (Phi) is 5.02. The van der Waals surface area contributed by atoms with Crippen molar-refractivity contribution in [2.45, 2.75) is 25.4 Å². The predicted octanol–water partition coefficient (Wildman–Crippen LogP) is 2.56. The van der Waals surface area contributed by atoms with Crippen molar-refractivity contribution in [3.8, 4) is 11.5 Å². The van der Waals surface area contributed by atoms with Crippen molar-refractivity contribution in [2.75, 3.05) is 6.54 Å². The van der Waals surface area contributed by atoms with Gasteiger partial charge in [-0.05, 0) is 31.0 Å². The largest absolute Gasteiger partial charge is 0.504 e. The van der Waals surface area contributed by atoms with E-state index in [1.54, 1.807) is 0 Å². The van der Waals surface area contributed by atoms with E-state index in [2.05, 4.69) is 5.32 Å². The highest BCUT2D eigenvalue weighted by molar-refractivity contribution is 5.94. The van der Waals surface area contributed by atoms with Crippen molar-refractivity contribution in [1.29, 1.82) is 0 Å². The maximum atomic E-state index is 11.8. The molecule has 0 unspecified atom stereocenters. The van der Waals surface area contributed by atoms with Crippen LogP contribution in [-0.2, 0) is 0 Å². The van der Waals surface area contributed by atoms with E-state index in [-0.39, 0.29) is 30.7 Å². The van der Waals surface area contributed by atoms with Crippen LogP contribution < -0.4 is 5.32 Å². The first kappa shape index (κ1) is 15.1. The van der Waals surface area contributed by atoms with E-state index in [0.29, 0.717) is 0 Å². The van der Waals surface area contributed by atoms with Gasteiger partial charge in [-0.3, -0.25) is 4.79 Å². The number of benzene rings is 1. The van der Waals surface area contributed by atoms with Crippen molar-refractivity contribution in [2.24, 2.45) is 0 Å². The number of carbonyl (C=O) groups is 1. The van der Waals surface area contributed by atoms with E-state index in [0.717, 1.165) is 12.1 Å². The van der Waals surface area contributed by atoms with Gasteiger partial charge < -0.3 is 15.5 Å². The number of hydrogen-bond acceptors (Lipinski definition) is 3. The van der Waals surface area contributed by atoms with Crippen LogP contribution in [0.2, 0.25) is 0 Å². The van der Waals surface area contributed by atoms with Crippen LogP contribution in [0.5, 0.6) is 11.5 Å². The van der Waals surface area contributed by atoms with Crippen LogP contribution >= 0.6 is 0 Å². The maximum Gasteiger partial charge on any atom is 0.389 e. The van der Waals surface area contributed by atoms with Crippen molar-refractivity contribution < 1.29 is 28.2 Å². The molecule has 7 heteroatoms. The Hall–Kier alpha value is -1.92. The van der Waals surface area contributed by atoms with Crippen LogP contribution in [-0.4, -0.2) is 28.8 Å². The molecule has 1 aromatic carbocycles. The van der Waals surface area contributed by atoms with Gasteiger partial charge in [-0.2, -0.15) is 13.2 Å². The molecule has 0 aromatic heterocycles.